The lowest BCUT2D eigenvalue weighted by Crippen LogP contribution is -2.79. The van der Waals surface area contributed by atoms with Crippen LogP contribution < -0.4 is 5.32 Å². The van der Waals surface area contributed by atoms with E-state index in [9.17, 15) is 55.2 Å². The van der Waals surface area contributed by atoms with Crippen LogP contribution in [-0.4, -0.2) is 164 Å². The summed E-state index contributed by atoms with van der Waals surface area (Å²) in [6, 6.07) is 6.68. The molecule has 14 unspecified atom stereocenters. The van der Waals surface area contributed by atoms with Gasteiger partial charge in [-0.3, -0.25) is 4.79 Å². The molecular formula is C40H55NO18. The molecule has 2 saturated carbocycles. The zero-order valence-corrected chi connectivity index (χ0v) is 33.6. The van der Waals surface area contributed by atoms with Crippen molar-refractivity contribution in [2.45, 2.75) is 126 Å². The Labute approximate surface area is 339 Å². The van der Waals surface area contributed by atoms with Crippen LogP contribution in [0.3, 0.4) is 0 Å². The number of methoxy groups -OCH3 is 1. The SMILES string of the molecule is COC(=O)NC(c1ccccc1)C(O)C(=O)OC1CC2(O)C(C)C3[C@]4(O)COC4CC(O)[C@@]3(C)C(=O)C(OC(=O)COC3OC(CO)C(O)C(O)C3O)C(=C1C)C2(C)C. The third-order valence-corrected chi connectivity index (χ3v) is 13.7. The highest BCUT2D eigenvalue weighted by Gasteiger charge is 2.74. The molecular weight excluding hydrogens is 782 g/mol. The maximum atomic E-state index is 15.2. The Morgan fingerprint density at radius 1 is 1.00 bits per heavy atom. The number of benzene rings is 1. The number of aliphatic hydroxyl groups is 8. The number of amides is 1. The molecule has 2 saturated heterocycles. The summed E-state index contributed by atoms with van der Waals surface area (Å²) in [6.45, 7) is 5.71. The van der Waals surface area contributed by atoms with E-state index in [1.54, 1.807) is 51.1 Å². The highest BCUT2D eigenvalue weighted by Crippen LogP contribution is 2.64. The van der Waals surface area contributed by atoms with Crippen molar-refractivity contribution in [3.05, 3.63) is 47.0 Å². The fourth-order valence-corrected chi connectivity index (χ4v) is 10.2. The van der Waals surface area contributed by atoms with Crippen LogP contribution in [0.5, 0.6) is 0 Å². The Morgan fingerprint density at radius 3 is 2.25 bits per heavy atom. The second-order valence-corrected chi connectivity index (χ2v) is 17.1. The number of aliphatic hydroxyl groups excluding tert-OH is 6. The molecule has 1 amide bonds. The van der Waals surface area contributed by atoms with Crippen molar-refractivity contribution >= 4 is 23.8 Å². The molecule has 6 rings (SSSR count). The fourth-order valence-electron chi connectivity index (χ4n) is 10.2. The minimum atomic E-state index is -2.03. The molecule has 3 aliphatic carbocycles. The van der Waals surface area contributed by atoms with Crippen LogP contribution in [0.1, 0.15) is 59.1 Å². The molecule has 9 N–H and O–H groups in total. The van der Waals surface area contributed by atoms with E-state index in [4.69, 9.17) is 28.4 Å². The van der Waals surface area contributed by atoms with Crippen molar-refractivity contribution in [2.75, 3.05) is 26.9 Å². The van der Waals surface area contributed by atoms with Crippen LogP contribution in [-0.2, 0) is 42.8 Å². The monoisotopic (exact) mass is 837 g/mol. The van der Waals surface area contributed by atoms with E-state index in [1.807, 2.05) is 0 Å². The predicted octanol–water partition coefficient (Wildman–Crippen LogP) is -1.70. The first-order valence-electron chi connectivity index (χ1n) is 19.5. The summed E-state index contributed by atoms with van der Waals surface area (Å²) in [5.41, 5.74) is -6.66. The minimum Gasteiger partial charge on any atom is -0.456 e. The van der Waals surface area contributed by atoms with Gasteiger partial charge in [0.1, 0.15) is 42.7 Å². The van der Waals surface area contributed by atoms with Crippen LogP contribution in [0, 0.1) is 22.7 Å². The van der Waals surface area contributed by atoms with Crippen LogP contribution >= 0.6 is 0 Å². The van der Waals surface area contributed by atoms with Gasteiger partial charge in [-0.1, -0.05) is 51.1 Å². The number of carbonyl (C=O) groups is 4. The smallest absolute Gasteiger partial charge is 0.407 e. The summed E-state index contributed by atoms with van der Waals surface area (Å²) in [4.78, 5) is 55.2. The molecule has 0 aromatic heterocycles. The van der Waals surface area contributed by atoms with Gasteiger partial charge in [-0.25, -0.2) is 14.4 Å². The molecule has 1 aromatic rings. The largest absolute Gasteiger partial charge is 0.456 e. The Bertz CT molecular complexity index is 1810. The second-order valence-electron chi connectivity index (χ2n) is 17.1. The van der Waals surface area contributed by atoms with E-state index in [0.717, 1.165) is 7.11 Å². The Balaban J connectivity index is 1.40. The topological polar surface area (TPSA) is 298 Å². The highest BCUT2D eigenvalue weighted by molar-refractivity contribution is 5.95. The van der Waals surface area contributed by atoms with Gasteiger partial charge in [0.05, 0.1) is 49.6 Å². The molecule has 19 heteroatoms. The van der Waals surface area contributed by atoms with Gasteiger partial charge in [-0.2, -0.15) is 0 Å². The van der Waals surface area contributed by atoms with Gasteiger partial charge in [0, 0.05) is 24.2 Å². The van der Waals surface area contributed by atoms with Gasteiger partial charge in [0.2, 0.25) is 0 Å². The molecule has 2 bridgehead atoms. The zero-order valence-electron chi connectivity index (χ0n) is 33.6. The van der Waals surface area contributed by atoms with Crippen molar-refractivity contribution in [1.29, 1.82) is 0 Å². The van der Waals surface area contributed by atoms with Gasteiger partial charge in [0.15, 0.2) is 24.3 Å². The number of rotatable bonds is 10. The number of ether oxygens (including phenoxy) is 6. The molecule has 1 aromatic carbocycles. The summed E-state index contributed by atoms with van der Waals surface area (Å²) in [6.07, 6.45) is -17.7. The van der Waals surface area contributed by atoms with Gasteiger partial charge in [-0.05, 0) is 36.5 Å². The van der Waals surface area contributed by atoms with Crippen molar-refractivity contribution in [3.8, 4) is 0 Å². The molecule has 4 fully saturated rings. The maximum Gasteiger partial charge on any atom is 0.407 e. The summed E-state index contributed by atoms with van der Waals surface area (Å²) in [5.74, 6) is -5.59. The average molecular weight is 838 g/mol. The first kappa shape index (κ1) is 44.9. The van der Waals surface area contributed by atoms with E-state index in [-0.39, 0.29) is 30.6 Å². The molecule has 2 aliphatic heterocycles. The summed E-state index contributed by atoms with van der Waals surface area (Å²) in [5, 5.41) is 91.3. The maximum absolute atomic E-state index is 15.2. The number of alkyl carbamates (subject to hydrolysis) is 1. The van der Waals surface area contributed by atoms with Crippen molar-refractivity contribution in [3.63, 3.8) is 0 Å². The van der Waals surface area contributed by atoms with E-state index in [0.29, 0.717) is 5.56 Å². The Morgan fingerprint density at radius 2 is 1.66 bits per heavy atom. The van der Waals surface area contributed by atoms with Crippen LogP contribution in [0.2, 0.25) is 0 Å². The van der Waals surface area contributed by atoms with Crippen LogP contribution in [0.25, 0.3) is 0 Å². The predicted molar refractivity (Wildman–Crippen MR) is 197 cm³/mol. The van der Waals surface area contributed by atoms with Gasteiger partial charge < -0.3 is 74.6 Å². The number of hydrogen-bond acceptors (Lipinski definition) is 18. The highest BCUT2D eigenvalue weighted by atomic mass is 16.7. The minimum absolute atomic E-state index is 0.00489. The van der Waals surface area contributed by atoms with E-state index in [1.165, 1.54) is 13.8 Å². The first-order chi connectivity index (χ1) is 27.6. The summed E-state index contributed by atoms with van der Waals surface area (Å²) >= 11 is 0. The van der Waals surface area contributed by atoms with E-state index in [2.05, 4.69) is 5.32 Å². The Kier molecular flexibility index (Phi) is 12.5. The number of esters is 2. The number of ketones is 1. The van der Waals surface area contributed by atoms with Crippen molar-refractivity contribution < 1.29 is 88.5 Å². The lowest BCUT2D eigenvalue weighted by molar-refractivity contribution is -0.336. The lowest BCUT2D eigenvalue weighted by atomic mass is 9.43. The molecule has 16 atom stereocenters. The first-order valence-corrected chi connectivity index (χ1v) is 19.5. The molecule has 19 nitrogen and oxygen atoms in total. The molecule has 59 heavy (non-hydrogen) atoms. The van der Waals surface area contributed by atoms with Crippen LogP contribution in [0.4, 0.5) is 4.79 Å². The Hall–Kier alpha value is -3.60. The zero-order chi connectivity index (χ0) is 43.6. The van der Waals surface area contributed by atoms with Gasteiger partial charge in [0.25, 0.3) is 0 Å². The molecule has 328 valence electrons. The number of nitrogens with one attached hydrogen (secondary N) is 1. The van der Waals surface area contributed by atoms with Crippen molar-refractivity contribution in [2.24, 2.45) is 22.7 Å². The summed E-state index contributed by atoms with van der Waals surface area (Å²) < 4.78 is 32.9. The van der Waals surface area contributed by atoms with Crippen molar-refractivity contribution in [1.82, 2.24) is 5.32 Å². The number of hydrogen-bond donors (Lipinski definition) is 9. The second kappa shape index (κ2) is 16.4. The van der Waals surface area contributed by atoms with Crippen LogP contribution in [0.15, 0.2) is 41.5 Å². The summed E-state index contributed by atoms with van der Waals surface area (Å²) in [7, 11) is 1.10. The van der Waals surface area contributed by atoms with Gasteiger partial charge >= 0.3 is 18.0 Å². The standard InChI is InChI=1S/C40H55NO18/c1-17-20(57-34(50)28(46)26(41-36(51)54-6)19-10-8-7-9-11-19)13-40(53)18(2)32-38(5,22(43)12-23-39(32,52)16-56-23)33(49)31(25(17)37(40,3)4)59-24(44)15-55-35-30(48)29(47)27(45)21(14-42)58-35/h7-11,18,20-23,26-32,35,42-43,45-48,52-53H,12-16H2,1-6H3,(H,41,51)/t18?,20?,21?,22?,23?,26?,27?,28?,29?,30?,31?,32?,35?,38-,39+,40?/m1/s1. The average Bonchev–Trinajstić information content (AvgIpc) is 3.20. The quantitative estimate of drug-likeness (QED) is 0.0721. The van der Waals surface area contributed by atoms with E-state index >= 15 is 4.79 Å². The molecule has 5 aliphatic rings. The van der Waals surface area contributed by atoms with Gasteiger partial charge in [-0.15, -0.1) is 0 Å². The number of carbonyl (C=O) groups excluding carboxylic acids is 4. The molecule has 0 spiro atoms. The number of fused-ring (bicyclic) bond motifs is 5. The third-order valence-electron chi connectivity index (χ3n) is 13.7. The molecule has 0 radical (unpaired) electrons. The third kappa shape index (κ3) is 7.26. The number of Topliss-reactive ketones (excluding diaryl/α,β-unsaturated/α-hetero) is 1. The molecule has 2 heterocycles. The lowest BCUT2D eigenvalue weighted by Gasteiger charge is -2.67. The normalized spacial score (nSPS) is 41.1. The fraction of sp³-hybridized carbons (Fsp3) is 0.700. The van der Waals surface area contributed by atoms with E-state index < -0.39 is 138 Å².